The van der Waals surface area contributed by atoms with Crippen LogP contribution in [0.4, 0.5) is 0 Å². The summed E-state index contributed by atoms with van der Waals surface area (Å²) in [7, 11) is 0. The molecule has 0 fully saturated rings. The van der Waals surface area contributed by atoms with Crippen molar-refractivity contribution in [1.82, 2.24) is 20.1 Å². The molecule has 0 spiro atoms. The molecule has 0 unspecified atom stereocenters. The topological polar surface area (TPSA) is 69.6 Å². The number of aromatic amines is 1. The number of hydrogen-bond donors (Lipinski definition) is 1. The Morgan fingerprint density at radius 1 is 0.905 bits per heavy atom. The molecular weight excluding hydrogens is 264 g/mol. The molecular formula is C16H17N4O-. The van der Waals surface area contributed by atoms with Gasteiger partial charge in [-0.3, -0.25) is 9.94 Å². The molecule has 21 heavy (non-hydrogen) atoms. The van der Waals surface area contributed by atoms with E-state index in [-0.39, 0.29) is 0 Å². The van der Waals surface area contributed by atoms with Crippen molar-refractivity contribution in [1.29, 1.82) is 0 Å². The third kappa shape index (κ3) is 2.11. The van der Waals surface area contributed by atoms with Crippen LogP contribution in [0.2, 0.25) is 0 Å². The third-order valence-electron chi connectivity index (χ3n) is 3.84. The number of H-pyrrole nitrogens is 1. The van der Waals surface area contributed by atoms with Crippen LogP contribution in [0.1, 0.15) is 22.8 Å². The van der Waals surface area contributed by atoms with Crippen LogP contribution in [-0.2, 0) is 0 Å². The van der Waals surface area contributed by atoms with Crippen LogP contribution in [-0.4, -0.2) is 20.1 Å². The fourth-order valence-corrected chi connectivity index (χ4v) is 2.82. The van der Waals surface area contributed by atoms with Crippen molar-refractivity contribution < 1.29 is 0 Å². The number of benzene rings is 1. The van der Waals surface area contributed by atoms with Gasteiger partial charge in [0.1, 0.15) is 0 Å². The Balaban J connectivity index is 2.06. The first-order valence-electron chi connectivity index (χ1n) is 6.85. The van der Waals surface area contributed by atoms with E-state index < -0.39 is 0 Å². The maximum Gasteiger partial charge on any atom is 0.0672 e. The quantitative estimate of drug-likeness (QED) is 0.781. The van der Waals surface area contributed by atoms with Gasteiger partial charge in [-0.05, 0) is 38.8 Å². The van der Waals surface area contributed by atoms with Crippen LogP contribution < -0.4 is 0 Å². The van der Waals surface area contributed by atoms with Crippen LogP contribution in [0, 0.1) is 32.9 Å². The lowest BCUT2D eigenvalue weighted by Gasteiger charge is -2.08. The van der Waals surface area contributed by atoms with E-state index in [1.807, 2.05) is 32.9 Å². The van der Waals surface area contributed by atoms with Gasteiger partial charge in [-0.2, -0.15) is 10.2 Å². The van der Waals surface area contributed by atoms with Crippen molar-refractivity contribution in [3.63, 3.8) is 0 Å². The monoisotopic (exact) mass is 281 g/mol. The highest BCUT2D eigenvalue weighted by molar-refractivity contribution is 5.74. The molecule has 0 bridgehead atoms. The first-order chi connectivity index (χ1) is 9.99. The first kappa shape index (κ1) is 13.4. The van der Waals surface area contributed by atoms with Gasteiger partial charge in [0.2, 0.25) is 0 Å². The van der Waals surface area contributed by atoms with Gasteiger partial charge in [0, 0.05) is 22.5 Å². The average molecular weight is 281 g/mol. The Bertz CT molecular complexity index is 777. The molecule has 3 aromatic rings. The van der Waals surface area contributed by atoms with Crippen LogP contribution in [0.3, 0.4) is 0 Å². The average Bonchev–Trinajstić information content (AvgIpc) is 2.91. The van der Waals surface area contributed by atoms with Crippen molar-refractivity contribution in [2.24, 2.45) is 0 Å². The van der Waals surface area contributed by atoms with Gasteiger partial charge in [-0.15, -0.1) is 0 Å². The van der Waals surface area contributed by atoms with Crippen LogP contribution in [0.5, 0.6) is 0 Å². The van der Waals surface area contributed by atoms with E-state index in [9.17, 15) is 5.21 Å². The molecule has 0 saturated carbocycles. The summed E-state index contributed by atoms with van der Waals surface area (Å²) in [5.74, 6) is 0. The predicted molar refractivity (Wildman–Crippen MR) is 83.0 cm³/mol. The molecule has 1 N–H and O–H groups in total. The minimum Gasteiger partial charge on any atom is -0.790 e. The van der Waals surface area contributed by atoms with Crippen molar-refractivity contribution in [2.45, 2.75) is 27.7 Å². The second kappa shape index (κ2) is 4.77. The summed E-state index contributed by atoms with van der Waals surface area (Å²) < 4.78 is 0. The summed E-state index contributed by atoms with van der Waals surface area (Å²) in [4.78, 5) is 0.683. The van der Waals surface area contributed by atoms with Gasteiger partial charge in [0.15, 0.2) is 0 Å². The number of aryl methyl sites for hydroxylation is 3. The van der Waals surface area contributed by atoms with E-state index in [0.29, 0.717) is 10.5 Å². The summed E-state index contributed by atoms with van der Waals surface area (Å²) in [5, 5.41) is 22.7. The van der Waals surface area contributed by atoms with E-state index in [4.69, 9.17) is 0 Å². The maximum absolute atomic E-state index is 11.6. The summed E-state index contributed by atoms with van der Waals surface area (Å²) in [5.41, 5.74) is 7.61. The number of nitrogens with zero attached hydrogens (tertiary/aromatic N) is 3. The lowest BCUT2D eigenvalue weighted by molar-refractivity contribution is 0.839. The molecule has 3 rings (SSSR count). The molecule has 5 nitrogen and oxygen atoms in total. The SMILES string of the molecule is Cc1n[nH]c(C)c1-c1ccc(-c2c(C)nn([O-])c2C)cc1. The largest absolute Gasteiger partial charge is 0.790 e. The molecule has 0 atom stereocenters. The maximum atomic E-state index is 11.6. The highest BCUT2D eigenvalue weighted by atomic mass is 16.5. The van der Waals surface area contributed by atoms with E-state index in [1.165, 1.54) is 0 Å². The molecule has 0 aliphatic heterocycles. The Morgan fingerprint density at radius 3 is 1.90 bits per heavy atom. The van der Waals surface area contributed by atoms with Gasteiger partial charge in [-0.25, -0.2) is 0 Å². The molecule has 108 valence electrons. The molecule has 5 heteroatoms. The predicted octanol–water partition coefficient (Wildman–Crippen LogP) is 3.52. The smallest absolute Gasteiger partial charge is 0.0672 e. The standard InChI is InChI=1S/C16H17N4O/c1-9-15(10(2)18-17-9)13-5-7-14(8-6-13)16-11(3)19-20(21)12(16)4/h5-8H,1-4H3,(H,17,18)/q-1. The molecule has 0 aliphatic rings. The summed E-state index contributed by atoms with van der Waals surface area (Å²) >= 11 is 0. The van der Waals surface area contributed by atoms with E-state index in [0.717, 1.165) is 39.3 Å². The van der Waals surface area contributed by atoms with Gasteiger partial charge >= 0.3 is 0 Å². The fourth-order valence-electron chi connectivity index (χ4n) is 2.82. The lowest BCUT2D eigenvalue weighted by atomic mass is 9.98. The molecule has 0 aliphatic carbocycles. The van der Waals surface area contributed by atoms with Gasteiger partial charge < -0.3 is 5.21 Å². The Hall–Kier alpha value is -2.56. The zero-order valence-corrected chi connectivity index (χ0v) is 12.6. The lowest BCUT2D eigenvalue weighted by Crippen LogP contribution is -1.90. The number of nitrogens with one attached hydrogen (secondary N) is 1. The van der Waals surface area contributed by atoms with Crippen LogP contribution in [0.15, 0.2) is 24.3 Å². The van der Waals surface area contributed by atoms with E-state index in [1.54, 1.807) is 6.92 Å². The number of aromatic nitrogens is 4. The van der Waals surface area contributed by atoms with Crippen molar-refractivity contribution in [2.75, 3.05) is 0 Å². The van der Waals surface area contributed by atoms with E-state index in [2.05, 4.69) is 27.4 Å². The van der Waals surface area contributed by atoms with E-state index >= 15 is 0 Å². The van der Waals surface area contributed by atoms with Crippen LogP contribution in [0.25, 0.3) is 22.3 Å². The summed E-state index contributed by atoms with van der Waals surface area (Å²) in [6, 6.07) is 8.17. The Kier molecular flexibility index (Phi) is 3.05. The van der Waals surface area contributed by atoms with Crippen molar-refractivity contribution in [3.05, 3.63) is 52.2 Å². The van der Waals surface area contributed by atoms with Crippen LogP contribution >= 0.6 is 0 Å². The second-order valence-corrected chi connectivity index (χ2v) is 5.31. The fraction of sp³-hybridized carbons (Fsp3) is 0.250. The minimum absolute atomic E-state index is 0.635. The Morgan fingerprint density at radius 2 is 1.48 bits per heavy atom. The normalized spacial score (nSPS) is 11.0. The number of hydrogen-bond acceptors (Lipinski definition) is 3. The molecule has 0 saturated heterocycles. The van der Waals surface area contributed by atoms with Gasteiger partial charge in [0.05, 0.1) is 11.4 Å². The molecule has 2 heterocycles. The van der Waals surface area contributed by atoms with Gasteiger partial charge in [0.25, 0.3) is 0 Å². The Labute approximate surface area is 123 Å². The minimum atomic E-state index is 0.635. The zero-order chi connectivity index (χ0) is 15.1. The zero-order valence-electron chi connectivity index (χ0n) is 12.6. The first-order valence-corrected chi connectivity index (χ1v) is 6.85. The van der Waals surface area contributed by atoms with Crippen molar-refractivity contribution in [3.8, 4) is 22.3 Å². The summed E-state index contributed by atoms with van der Waals surface area (Å²) in [6.07, 6.45) is 0. The molecule has 0 amide bonds. The highest BCUT2D eigenvalue weighted by Crippen LogP contribution is 2.30. The molecule has 0 radical (unpaired) electrons. The third-order valence-corrected chi connectivity index (χ3v) is 3.84. The van der Waals surface area contributed by atoms with Gasteiger partial charge in [-0.1, -0.05) is 24.3 Å². The second-order valence-electron chi connectivity index (χ2n) is 5.31. The molecule has 1 aromatic carbocycles. The number of rotatable bonds is 2. The summed E-state index contributed by atoms with van der Waals surface area (Å²) in [6.45, 7) is 7.65. The van der Waals surface area contributed by atoms with Crippen molar-refractivity contribution >= 4 is 0 Å². The molecule has 2 aromatic heterocycles. The highest BCUT2D eigenvalue weighted by Gasteiger charge is 2.12.